The first kappa shape index (κ1) is 21.3. The SMILES string of the molecule is CC.CO.Cc1ccc(-c2cc(C(F)(F)F)n3nc(C=O)cc3n2)cc1. The summed E-state index contributed by atoms with van der Waals surface area (Å²) >= 11 is 0. The summed E-state index contributed by atoms with van der Waals surface area (Å²) in [6, 6.07) is 9.14. The maximum absolute atomic E-state index is 13.2. The number of aldehydes is 1. The number of rotatable bonds is 2. The summed E-state index contributed by atoms with van der Waals surface area (Å²) < 4.78 is 40.3. The molecule has 5 nitrogen and oxygen atoms in total. The van der Waals surface area contributed by atoms with Gasteiger partial charge in [0, 0.05) is 18.7 Å². The molecule has 2 aromatic heterocycles. The number of benzene rings is 1. The van der Waals surface area contributed by atoms with Gasteiger partial charge in [-0.2, -0.15) is 18.3 Å². The number of hydrogen-bond acceptors (Lipinski definition) is 4. The first-order valence-corrected chi connectivity index (χ1v) is 7.83. The number of aliphatic hydroxyl groups excluding tert-OH is 1. The first-order valence-electron chi connectivity index (χ1n) is 7.83. The molecule has 0 unspecified atom stereocenters. The lowest BCUT2D eigenvalue weighted by Crippen LogP contribution is -2.13. The largest absolute Gasteiger partial charge is 0.433 e. The van der Waals surface area contributed by atoms with E-state index in [1.165, 1.54) is 6.07 Å². The molecule has 26 heavy (non-hydrogen) atoms. The summed E-state index contributed by atoms with van der Waals surface area (Å²) in [6.45, 7) is 5.88. The van der Waals surface area contributed by atoms with Crippen molar-refractivity contribution in [2.75, 3.05) is 7.11 Å². The fourth-order valence-electron chi connectivity index (χ4n) is 2.12. The molecular formula is C18H20F3N3O2. The van der Waals surface area contributed by atoms with Crippen molar-refractivity contribution in [2.24, 2.45) is 0 Å². The zero-order valence-corrected chi connectivity index (χ0v) is 14.9. The van der Waals surface area contributed by atoms with E-state index in [0.717, 1.165) is 18.7 Å². The second-order valence-electron chi connectivity index (χ2n) is 4.85. The van der Waals surface area contributed by atoms with E-state index in [0.29, 0.717) is 16.4 Å². The molecule has 2 heterocycles. The van der Waals surface area contributed by atoms with E-state index in [-0.39, 0.29) is 17.0 Å². The molecule has 0 aliphatic rings. The number of alkyl halides is 3. The second kappa shape index (κ2) is 9.10. The topological polar surface area (TPSA) is 67.5 Å². The van der Waals surface area contributed by atoms with Crippen LogP contribution in [0.1, 0.15) is 35.6 Å². The molecule has 0 saturated carbocycles. The predicted molar refractivity (Wildman–Crippen MR) is 93.0 cm³/mol. The average Bonchev–Trinajstić information content (AvgIpc) is 3.07. The number of halogens is 3. The Kier molecular flexibility index (Phi) is 7.45. The monoisotopic (exact) mass is 367 g/mol. The number of carbonyl (C=O) groups excluding carboxylic acids is 1. The molecule has 8 heteroatoms. The minimum atomic E-state index is -4.60. The zero-order chi connectivity index (χ0) is 19.9. The van der Waals surface area contributed by atoms with Crippen LogP contribution >= 0.6 is 0 Å². The van der Waals surface area contributed by atoms with E-state index < -0.39 is 11.9 Å². The molecule has 0 fully saturated rings. The summed E-state index contributed by atoms with van der Waals surface area (Å²) in [7, 11) is 1.00. The van der Waals surface area contributed by atoms with Gasteiger partial charge in [-0.1, -0.05) is 43.7 Å². The Bertz CT molecular complexity index is 856. The lowest BCUT2D eigenvalue weighted by molar-refractivity contribution is -0.142. The normalized spacial score (nSPS) is 10.5. The Labute approximate surface area is 149 Å². The van der Waals surface area contributed by atoms with Crippen LogP contribution in [0.2, 0.25) is 0 Å². The van der Waals surface area contributed by atoms with E-state index >= 15 is 0 Å². The van der Waals surface area contributed by atoms with Gasteiger partial charge in [0.05, 0.1) is 5.69 Å². The highest BCUT2D eigenvalue weighted by Crippen LogP contribution is 2.32. The number of aryl methyl sites for hydroxylation is 1. The number of fused-ring (bicyclic) bond motifs is 1. The van der Waals surface area contributed by atoms with Gasteiger partial charge < -0.3 is 5.11 Å². The minimum Gasteiger partial charge on any atom is -0.400 e. The predicted octanol–water partition coefficient (Wildman–Crippen LogP) is 4.17. The Morgan fingerprint density at radius 1 is 1.08 bits per heavy atom. The molecule has 0 spiro atoms. The highest BCUT2D eigenvalue weighted by atomic mass is 19.4. The van der Waals surface area contributed by atoms with Crippen molar-refractivity contribution in [2.45, 2.75) is 26.9 Å². The third-order valence-electron chi connectivity index (χ3n) is 3.20. The van der Waals surface area contributed by atoms with Crippen LogP contribution in [-0.2, 0) is 6.18 Å². The van der Waals surface area contributed by atoms with Gasteiger partial charge in [-0.15, -0.1) is 0 Å². The Morgan fingerprint density at radius 3 is 2.15 bits per heavy atom. The lowest BCUT2D eigenvalue weighted by atomic mass is 10.1. The second-order valence-corrected chi connectivity index (χ2v) is 4.85. The van der Waals surface area contributed by atoms with Crippen LogP contribution in [0.15, 0.2) is 36.4 Å². The fourth-order valence-corrected chi connectivity index (χ4v) is 2.12. The third kappa shape index (κ3) is 4.66. The number of hydrogen-bond donors (Lipinski definition) is 1. The number of carbonyl (C=O) groups is 1. The summed E-state index contributed by atoms with van der Waals surface area (Å²) in [4.78, 5) is 14.9. The minimum absolute atomic E-state index is 0.0208. The van der Waals surface area contributed by atoms with Gasteiger partial charge in [0.2, 0.25) is 0 Å². The van der Waals surface area contributed by atoms with Crippen LogP contribution in [-0.4, -0.2) is 33.1 Å². The van der Waals surface area contributed by atoms with Crippen LogP contribution in [0.4, 0.5) is 13.2 Å². The lowest BCUT2D eigenvalue weighted by Gasteiger charge is -2.11. The maximum Gasteiger partial charge on any atom is 0.433 e. The van der Waals surface area contributed by atoms with E-state index in [9.17, 15) is 18.0 Å². The van der Waals surface area contributed by atoms with Gasteiger partial charge in [0.25, 0.3) is 0 Å². The van der Waals surface area contributed by atoms with Gasteiger partial charge in [-0.3, -0.25) is 4.79 Å². The molecule has 1 N–H and O–H groups in total. The Morgan fingerprint density at radius 2 is 1.65 bits per heavy atom. The van der Waals surface area contributed by atoms with Gasteiger partial charge in [0.15, 0.2) is 17.6 Å². The molecule has 0 aliphatic heterocycles. The highest BCUT2D eigenvalue weighted by Gasteiger charge is 2.35. The molecule has 0 amide bonds. The van der Waals surface area contributed by atoms with Gasteiger partial charge in [-0.25, -0.2) is 9.50 Å². The van der Waals surface area contributed by atoms with Gasteiger partial charge >= 0.3 is 6.18 Å². The smallest absolute Gasteiger partial charge is 0.400 e. The summed E-state index contributed by atoms with van der Waals surface area (Å²) in [5.41, 5.74) is 0.644. The first-order chi connectivity index (χ1) is 12.4. The molecule has 0 aliphatic carbocycles. The van der Waals surface area contributed by atoms with Crippen molar-refractivity contribution in [3.8, 4) is 11.3 Å². The molecule has 0 saturated heterocycles. The van der Waals surface area contributed by atoms with E-state index in [1.54, 1.807) is 24.3 Å². The average molecular weight is 367 g/mol. The van der Waals surface area contributed by atoms with Crippen molar-refractivity contribution >= 4 is 11.9 Å². The molecule has 0 bridgehead atoms. The van der Waals surface area contributed by atoms with Crippen LogP contribution in [0.5, 0.6) is 0 Å². The molecule has 3 rings (SSSR count). The number of aliphatic hydroxyl groups is 1. The zero-order valence-electron chi connectivity index (χ0n) is 14.9. The summed E-state index contributed by atoms with van der Waals surface area (Å²) in [6.07, 6.45) is -4.22. The summed E-state index contributed by atoms with van der Waals surface area (Å²) in [5.74, 6) is 0. The molecule has 1 aromatic carbocycles. The Balaban J connectivity index is 0.000000791. The van der Waals surface area contributed by atoms with E-state index in [2.05, 4.69) is 10.1 Å². The van der Waals surface area contributed by atoms with Crippen molar-refractivity contribution in [3.63, 3.8) is 0 Å². The Hall–Kier alpha value is -2.74. The van der Waals surface area contributed by atoms with Crippen molar-refractivity contribution in [1.82, 2.24) is 14.6 Å². The van der Waals surface area contributed by atoms with Crippen LogP contribution in [0, 0.1) is 6.92 Å². The number of aromatic nitrogens is 3. The van der Waals surface area contributed by atoms with Crippen molar-refractivity contribution < 1.29 is 23.1 Å². The molecular weight excluding hydrogens is 347 g/mol. The molecule has 3 aromatic rings. The van der Waals surface area contributed by atoms with E-state index in [4.69, 9.17) is 5.11 Å². The molecule has 0 atom stereocenters. The maximum atomic E-state index is 13.2. The molecule has 0 radical (unpaired) electrons. The van der Waals surface area contributed by atoms with Crippen LogP contribution in [0.25, 0.3) is 16.9 Å². The highest BCUT2D eigenvalue weighted by molar-refractivity contribution is 5.75. The number of nitrogens with zero attached hydrogens (tertiary/aromatic N) is 3. The van der Waals surface area contributed by atoms with Gasteiger partial charge in [-0.05, 0) is 13.0 Å². The van der Waals surface area contributed by atoms with Crippen molar-refractivity contribution in [3.05, 3.63) is 53.3 Å². The van der Waals surface area contributed by atoms with Crippen molar-refractivity contribution in [1.29, 1.82) is 0 Å². The molecule has 140 valence electrons. The van der Waals surface area contributed by atoms with Gasteiger partial charge in [0.1, 0.15) is 5.69 Å². The van der Waals surface area contributed by atoms with Crippen LogP contribution in [0.3, 0.4) is 0 Å². The third-order valence-corrected chi connectivity index (χ3v) is 3.20. The summed E-state index contributed by atoms with van der Waals surface area (Å²) in [5, 5.41) is 10.6. The fraction of sp³-hybridized carbons (Fsp3) is 0.278. The van der Waals surface area contributed by atoms with E-state index in [1.807, 2.05) is 20.8 Å². The standard InChI is InChI=1S/C15H10F3N3O.C2H6.CH4O/c1-9-2-4-10(5-3-9)12-7-13(15(16,17)18)21-14(19-12)6-11(8-22)20-21;2*1-2/h2-8H,1H3;1-2H3;2H,1H3. The van der Waals surface area contributed by atoms with Crippen LogP contribution < -0.4 is 0 Å². The quantitative estimate of drug-likeness (QED) is 0.691.